The van der Waals surface area contributed by atoms with Gasteiger partial charge in [0.1, 0.15) is 11.4 Å². The normalized spacial score (nSPS) is 22.2. The summed E-state index contributed by atoms with van der Waals surface area (Å²) in [5.74, 6) is -4.19. The first-order chi connectivity index (χ1) is 23.5. The first-order valence-electron chi connectivity index (χ1n) is 17.2. The van der Waals surface area contributed by atoms with Gasteiger partial charge in [-0.3, -0.25) is 4.79 Å². The lowest BCUT2D eigenvalue weighted by atomic mass is 9.94. The van der Waals surface area contributed by atoms with Crippen LogP contribution in [0, 0.1) is 0 Å². The van der Waals surface area contributed by atoms with Crippen molar-refractivity contribution in [2.45, 2.75) is 119 Å². The van der Waals surface area contributed by atoms with Gasteiger partial charge in [0.2, 0.25) is 15.9 Å². The maximum atomic E-state index is 16.8. The summed E-state index contributed by atoms with van der Waals surface area (Å²) in [5, 5.41) is 4.20. The molecule has 50 heavy (non-hydrogen) atoms. The molecule has 0 aromatic heterocycles. The molecule has 3 aliphatic rings. The minimum atomic E-state index is -4.61. The maximum Gasteiger partial charge on any atom is 0.407 e. The molecule has 3 atom stereocenters. The Labute approximate surface area is 300 Å². The molecule has 3 unspecified atom stereocenters. The number of piperidine rings is 1. The van der Waals surface area contributed by atoms with Gasteiger partial charge in [-0.25, -0.2) is 13.2 Å². The zero-order valence-electron chi connectivity index (χ0n) is 28.7. The summed E-state index contributed by atoms with van der Waals surface area (Å²) in [6, 6.07) is 11.6. The lowest BCUT2D eigenvalue weighted by molar-refractivity contribution is -0.155. The van der Waals surface area contributed by atoms with Crippen molar-refractivity contribution in [1.29, 1.82) is 0 Å². The number of hydrogen-bond acceptors (Lipinski definition) is 6. The summed E-state index contributed by atoms with van der Waals surface area (Å²) in [5.41, 5.74) is -1.19. The van der Waals surface area contributed by atoms with E-state index in [1.807, 2.05) is 6.07 Å². The predicted molar refractivity (Wildman–Crippen MR) is 190 cm³/mol. The summed E-state index contributed by atoms with van der Waals surface area (Å²) in [4.78, 5) is 28.2. The SMILES string of the molecule is CN(C(C(=O)N1C2CCC1CC(NC(=O)OC(C)(C)C)C2)C(F)(F)c1cccc(Br)c1)S(=O)(=O)c1ccc2cc(OC3CCCC3)ccc2c1. The third-order valence-electron chi connectivity index (χ3n) is 9.92. The quantitative estimate of drug-likeness (QED) is 0.239. The lowest BCUT2D eigenvalue weighted by Crippen LogP contribution is -2.61. The van der Waals surface area contributed by atoms with Gasteiger partial charge in [0.15, 0.2) is 6.04 Å². The number of likely N-dealkylation sites (N-methyl/N-ethyl adjacent to an activating group) is 1. The van der Waals surface area contributed by atoms with Gasteiger partial charge in [0, 0.05) is 35.2 Å². The number of hydrogen-bond donors (Lipinski definition) is 1. The Bertz CT molecular complexity index is 1850. The standard InChI is InChI=1S/C37H44BrF2N3O6S/c1-36(2,3)49-35(45)41-27-21-28-14-15-29(22-27)43(28)34(44)33(37(39,40)25-8-7-9-26(38)20-25)42(4)50(46,47)32-17-13-23-18-31(16-12-24(23)19-32)48-30-10-5-6-11-30/h7-9,12-13,16-20,27-30,33H,5-6,10-11,14-15,21-22H2,1-4H3,(H,41,45). The van der Waals surface area contributed by atoms with Crippen LogP contribution in [-0.2, 0) is 25.5 Å². The van der Waals surface area contributed by atoms with Crippen LogP contribution >= 0.6 is 15.9 Å². The van der Waals surface area contributed by atoms with E-state index in [9.17, 15) is 18.0 Å². The smallest absolute Gasteiger partial charge is 0.407 e. The summed E-state index contributed by atoms with van der Waals surface area (Å²) in [6.07, 6.45) is 5.59. The fraction of sp³-hybridized carbons (Fsp3) is 0.514. The van der Waals surface area contributed by atoms with Gasteiger partial charge in [-0.1, -0.05) is 40.2 Å². The monoisotopic (exact) mass is 775 g/mol. The first-order valence-corrected chi connectivity index (χ1v) is 19.4. The molecule has 3 aromatic carbocycles. The largest absolute Gasteiger partial charge is 0.490 e. The molecule has 2 amide bonds. The minimum Gasteiger partial charge on any atom is -0.490 e. The Balaban J connectivity index is 1.30. The zero-order chi connectivity index (χ0) is 36.0. The van der Waals surface area contributed by atoms with E-state index in [1.165, 1.54) is 35.2 Å². The van der Waals surface area contributed by atoms with Crippen molar-refractivity contribution in [3.8, 4) is 5.75 Å². The fourth-order valence-electron chi connectivity index (χ4n) is 7.60. The molecule has 2 bridgehead atoms. The third-order valence-corrected chi connectivity index (χ3v) is 12.2. The number of benzene rings is 3. The van der Waals surface area contributed by atoms with Crippen LogP contribution in [0.1, 0.15) is 77.7 Å². The van der Waals surface area contributed by atoms with E-state index in [2.05, 4.69) is 21.2 Å². The maximum absolute atomic E-state index is 16.8. The number of rotatable bonds is 9. The Kier molecular flexibility index (Phi) is 10.2. The van der Waals surface area contributed by atoms with E-state index in [4.69, 9.17) is 9.47 Å². The van der Waals surface area contributed by atoms with Crippen LogP contribution in [-0.4, -0.2) is 72.5 Å². The minimum absolute atomic E-state index is 0.157. The van der Waals surface area contributed by atoms with Crippen molar-refractivity contribution in [1.82, 2.24) is 14.5 Å². The highest BCUT2D eigenvalue weighted by Crippen LogP contribution is 2.43. The van der Waals surface area contributed by atoms with Gasteiger partial charge in [0.25, 0.3) is 5.92 Å². The Morgan fingerprint density at radius 1 is 0.940 bits per heavy atom. The van der Waals surface area contributed by atoms with Crippen LogP contribution in [0.5, 0.6) is 5.75 Å². The van der Waals surface area contributed by atoms with Crippen LogP contribution in [0.3, 0.4) is 0 Å². The highest BCUT2D eigenvalue weighted by atomic mass is 79.9. The number of nitrogens with one attached hydrogen (secondary N) is 1. The van der Waals surface area contributed by atoms with Crippen molar-refractivity contribution in [2.24, 2.45) is 0 Å². The molecule has 2 saturated heterocycles. The predicted octanol–water partition coefficient (Wildman–Crippen LogP) is 7.75. The first kappa shape index (κ1) is 36.5. The Morgan fingerprint density at radius 2 is 1.58 bits per heavy atom. The molecule has 3 fully saturated rings. The highest BCUT2D eigenvalue weighted by molar-refractivity contribution is 9.10. The van der Waals surface area contributed by atoms with E-state index < -0.39 is 57.2 Å². The van der Waals surface area contributed by atoms with Crippen molar-refractivity contribution in [3.63, 3.8) is 0 Å². The van der Waals surface area contributed by atoms with Crippen molar-refractivity contribution in [2.75, 3.05) is 7.05 Å². The number of alkyl carbamates (subject to hydrolysis) is 1. The molecule has 270 valence electrons. The number of amides is 2. The molecule has 3 aromatic rings. The number of sulfonamides is 1. The van der Waals surface area contributed by atoms with E-state index >= 15 is 8.78 Å². The Hall–Kier alpha value is -3.29. The molecule has 9 nitrogen and oxygen atoms in total. The van der Waals surface area contributed by atoms with Gasteiger partial charge in [-0.05, 0) is 119 Å². The van der Waals surface area contributed by atoms with Crippen LogP contribution in [0.15, 0.2) is 70.0 Å². The second kappa shape index (κ2) is 14.0. The highest BCUT2D eigenvalue weighted by Gasteiger charge is 2.56. The molecule has 0 spiro atoms. The number of carbonyl (C=O) groups is 2. The van der Waals surface area contributed by atoms with Crippen molar-refractivity contribution < 1.29 is 36.3 Å². The second-order valence-corrected chi connectivity index (χ2v) is 17.6. The van der Waals surface area contributed by atoms with Gasteiger partial charge in [-0.15, -0.1) is 0 Å². The molecule has 0 radical (unpaired) electrons. The van der Waals surface area contributed by atoms with E-state index in [0.717, 1.165) is 38.1 Å². The molecule has 2 heterocycles. The van der Waals surface area contributed by atoms with Crippen molar-refractivity contribution in [3.05, 3.63) is 70.7 Å². The van der Waals surface area contributed by atoms with Crippen molar-refractivity contribution >= 4 is 48.7 Å². The lowest BCUT2D eigenvalue weighted by Gasteiger charge is -2.43. The average Bonchev–Trinajstić information content (AvgIpc) is 3.64. The molecular weight excluding hydrogens is 732 g/mol. The van der Waals surface area contributed by atoms with E-state index in [0.29, 0.717) is 45.6 Å². The number of halogens is 3. The summed E-state index contributed by atoms with van der Waals surface area (Å²) < 4.78 is 74.5. The molecule has 13 heteroatoms. The topological polar surface area (TPSA) is 105 Å². The summed E-state index contributed by atoms with van der Waals surface area (Å²) >= 11 is 3.24. The summed E-state index contributed by atoms with van der Waals surface area (Å²) in [6.45, 7) is 5.27. The Morgan fingerprint density at radius 3 is 2.22 bits per heavy atom. The summed E-state index contributed by atoms with van der Waals surface area (Å²) in [7, 11) is -3.57. The average molecular weight is 777 g/mol. The number of ether oxygens (including phenoxy) is 2. The molecule has 1 N–H and O–H groups in total. The molecular formula is C37H44BrF2N3O6S. The van der Waals surface area contributed by atoms with E-state index in [-0.39, 0.29) is 17.0 Å². The van der Waals surface area contributed by atoms with E-state index in [1.54, 1.807) is 45.0 Å². The molecule has 2 aliphatic heterocycles. The van der Waals surface area contributed by atoms with Crippen LogP contribution in [0.2, 0.25) is 0 Å². The fourth-order valence-corrected chi connectivity index (χ4v) is 9.35. The molecule has 6 rings (SSSR count). The molecule has 1 saturated carbocycles. The number of fused-ring (bicyclic) bond motifs is 3. The number of carbonyl (C=O) groups excluding carboxylic acids is 2. The molecule has 1 aliphatic carbocycles. The van der Waals surface area contributed by atoms with Crippen LogP contribution < -0.4 is 10.1 Å². The van der Waals surface area contributed by atoms with Crippen LogP contribution in [0.25, 0.3) is 10.8 Å². The van der Waals surface area contributed by atoms with Gasteiger partial charge < -0.3 is 19.7 Å². The zero-order valence-corrected chi connectivity index (χ0v) is 31.1. The van der Waals surface area contributed by atoms with Gasteiger partial charge in [-0.2, -0.15) is 13.1 Å². The van der Waals surface area contributed by atoms with Gasteiger partial charge in [0.05, 0.1) is 11.0 Å². The van der Waals surface area contributed by atoms with Gasteiger partial charge >= 0.3 is 6.09 Å². The number of nitrogens with zero attached hydrogens (tertiary/aromatic N) is 2. The van der Waals surface area contributed by atoms with Crippen LogP contribution in [0.4, 0.5) is 13.6 Å². The third kappa shape index (κ3) is 7.64. The number of alkyl halides is 2. The second-order valence-electron chi connectivity index (χ2n) is 14.7.